The minimum absolute atomic E-state index is 0.216. The summed E-state index contributed by atoms with van der Waals surface area (Å²) in [6, 6.07) is 5.35. The lowest BCUT2D eigenvalue weighted by molar-refractivity contribution is 0.401. The van der Waals surface area contributed by atoms with Crippen molar-refractivity contribution in [1.29, 1.82) is 0 Å². The fourth-order valence-corrected chi connectivity index (χ4v) is 2.82. The zero-order valence-electron chi connectivity index (χ0n) is 8.36. The molecule has 0 saturated carbocycles. The normalized spacial score (nSPS) is 11.4. The summed E-state index contributed by atoms with van der Waals surface area (Å²) in [7, 11) is 3.16. The van der Waals surface area contributed by atoms with Gasteiger partial charge in [-0.25, -0.2) is 8.42 Å². The van der Waals surface area contributed by atoms with Crippen molar-refractivity contribution in [3.63, 3.8) is 0 Å². The second-order valence-electron chi connectivity index (χ2n) is 2.84. The monoisotopic (exact) mass is 266 g/mol. The third-order valence-electron chi connectivity index (χ3n) is 1.81. The maximum absolute atomic E-state index is 11.0. The van der Waals surface area contributed by atoms with E-state index in [-0.39, 0.29) is 5.75 Å². The van der Waals surface area contributed by atoms with Crippen LogP contribution >= 0.6 is 22.4 Å². The maximum Gasteiger partial charge on any atom is 0.236 e. The number of methoxy groups -OCH3 is 1. The molecule has 1 rings (SSSR count). The average Bonchev–Trinajstić information content (AvgIpc) is 2.15. The summed E-state index contributed by atoms with van der Waals surface area (Å²) in [6.07, 6.45) is 1.90. The zero-order valence-corrected chi connectivity index (χ0v) is 10.7. The lowest BCUT2D eigenvalue weighted by atomic mass is 10.2. The molecule has 1 aromatic carbocycles. The highest BCUT2D eigenvalue weighted by Gasteiger charge is 2.14. The molecule has 15 heavy (non-hydrogen) atoms. The van der Waals surface area contributed by atoms with Crippen LogP contribution in [0.5, 0.6) is 5.75 Å². The van der Waals surface area contributed by atoms with Gasteiger partial charge < -0.3 is 4.74 Å². The van der Waals surface area contributed by atoms with Gasteiger partial charge >= 0.3 is 0 Å². The van der Waals surface area contributed by atoms with Crippen LogP contribution in [0, 0.1) is 0 Å². The number of benzene rings is 1. The summed E-state index contributed by atoms with van der Waals surface area (Å²) < 4.78 is 27.1. The van der Waals surface area contributed by atoms with Crippen LogP contribution in [-0.2, 0) is 14.8 Å². The largest absolute Gasteiger partial charge is 0.495 e. The molecule has 0 aliphatic carbocycles. The molecule has 1 aromatic rings. The highest BCUT2D eigenvalue weighted by Crippen LogP contribution is 2.32. The van der Waals surface area contributed by atoms with Crippen molar-refractivity contribution in [2.75, 3.05) is 13.4 Å². The van der Waals surface area contributed by atoms with E-state index in [9.17, 15) is 8.42 Å². The van der Waals surface area contributed by atoms with Crippen molar-refractivity contribution in [2.45, 2.75) is 10.6 Å². The van der Waals surface area contributed by atoms with E-state index in [0.717, 1.165) is 4.90 Å². The smallest absolute Gasteiger partial charge is 0.236 e. The number of hydrogen-bond acceptors (Lipinski definition) is 4. The van der Waals surface area contributed by atoms with E-state index in [0.29, 0.717) is 11.3 Å². The van der Waals surface area contributed by atoms with E-state index in [4.69, 9.17) is 15.4 Å². The topological polar surface area (TPSA) is 43.4 Å². The van der Waals surface area contributed by atoms with Crippen LogP contribution in [0.1, 0.15) is 5.56 Å². The predicted octanol–water partition coefficient (Wildman–Crippen LogP) is 2.49. The molecule has 6 heteroatoms. The van der Waals surface area contributed by atoms with Gasteiger partial charge in [0.2, 0.25) is 9.05 Å². The van der Waals surface area contributed by atoms with Crippen LogP contribution in [0.25, 0.3) is 0 Å². The molecule has 0 saturated heterocycles. The van der Waals surface area contributed by atoms with Crippen molar-refractivity contribution in [3.8, 4) is 5.75 Å². The molecule has 0 aromatic heterocycles. The van der Waals surface area contributed by atoms with Gasteiger partial charge in [0.1, 0.15) is 5.75 Å². The van der Waals surface area contributed by atoms with E-state index in [1.54, 1.807) is 12.1 Å². The third kappa shape index (κ3) is 3.59. The number of thioether (sulfide) groups is 1. The van der Waals surface area contributed by atoms with E-state index in [1.807, 2.05) is 12.3 Å². The lowest BCUT2D eigenvalue weighted by Gasteiger charge is -2.10. The molecule has 0 radical (unpaired) electrons. The Kier molecular flexibility index (Phi) is 4.31. The Morgan fingerprint density at radius 2 is 2.13 bits per heavy atom. The highest BCUT2D eigenvalue weighted by atomic mass is 35.7. The zero-order chi connectivity index (χ0) is 11.5. The number of hydrogen-bond donors (Lipinski definition) is 0. The van der Waals surface area contributed by atoms with Gasteiger partial charge in [0.05, 0.1) is 12.9 Å². The number of halogens is 1. The summed E-state index contributed by atoms with van der Waals surface area (Å²) in [5.74, 6) is 0.362. The summed E-state index contributed by atoms with van der Waals surface area (Å²) >= 11 is 1.50. The van der Waals surface area contributed by atoms with Gasteiger partial charge in [-0.3, -0.25) is 0 Å². The molecule has 0 bridgehead atoms. The minimum Gasteiger partial charge on any atom is -0.495 e. The second kappa shape index (κ2) is 5.09. The first kappa shape index (κ1) is 12.7. The molecule has 0 amide bonds. The maximum atomic E-state index is 11.0. The quantitative estimate of drug-likeness (QED) is 0.620. The SMILES string of the molecule is COc1c(CS(=O)(=O)Cl)cccc1SC. The molecular weight excluding hydrogens is 256 g/mol. The first-order chi connectivity index (χ1) is 6.98. The van der Waals surface area contributed by atoms with Gasteiger partial charge in [0.25, 0.3) is 0 Å². The van der Waals surface area contributed by atoms with Gasteiger partial charge in [-0.15, -0.1) is 11.8 Å². The van der Waals surface area contributed by atoms with Crippen molar-refractivity contribution in [1.82, 2.24) is 0 Å². The molecule has 0 N–H and O–H groups in total. The lowest BCUT2D eigenvalue weighted by Crippen LogP contribution is -1.99. The first-order valence-corrected chi connectivity index (χ1v) is 7.80. The van der Waals surface area contributed by atoms with E-state index >= 15 is 0 Å². The third-order valence-corrected chi connectivity index (χ3v) is 3.56. The van der Waals surface area contributed by atoms with Crippen LogP contribution in [0.2, 0.25) is 0 Å². The molecule has 0 aliphatic rings. The van der Waals surface area contributed by atoms with Gasteiger partial charge in [0, 0.05) is 21.1 Å². The van der Waals surface area contributed by atoms with Crippen molar-refractivity contribution < 1.29 is 13.2 Å². The van der Waals surface area contributed by atoms with Crippen LogP contribution < -0.4 is 4.74 Å². The van der Waals surface area contributed by atoms with Gasteiger partial charge in [-0.1, -0.05) is 12.1 Å². The number of rotatable bonds is 4. The van der Waals surface area contributed by atoms with Crippen molar-refractivity contribution in [3.05, 3.63) is 23.8 Å². The van der Waals surface area contributed by atoms with E-state index < -0.39 is 9.05 Å². The number of para-hydroxylation sites is 1. The number of ether oxygens (including phenoxy) is 1. The Labute approximate surface area is 98.2 Å². The minimum atomic E-state index is -3.55. The van der Waals surface area contributed by atoms with Crippen LogP contribution in [0.15, 0.2) is 23.1 Å². The average molecular weight is 267 g/mol. The summed E-state index contributed by atoms with van der Waals surface area (Å²) in [5.41, 5.74) is 0.583. The van der Waals surface area contributed by atoms with Crippen molar-refractivity contribution in [2.24, 2.45) is 0 Å². The molecule has 3 nitrogen and oxygen atoms in total. The first-order valence-electron chi connectivity index (χ1n) is 4.10. The molecule has 0 unspecified atom stereocenters. The summed E-state index contributed by atoms with van der Waals surface area (Å²) in [6.45, 7) is 0. The molecule has 0 aliphatic heterocycles. The van der Waals surface area contributed by atoms with Gasteiger partial charge in [0.15, 0.2) is 0 Å². The Bertz CT molecular complexity index is 443. The van der Waals surface area contributed by atoms with E-state index in [1.165, 1.54) is 18.9 Å². The fourth-order valence-electron chi connectivity index (χ4n) is 1.25. The van der Waals surface area contributed by atoms with E-state index in [2.05, 4.69) is 0 Å². The van der Waals surface area contributed by atoms with Gasteiger partial charge in [-0.2, -0.15) is 0 Å². The Morgan fingerprint density at radius 1 is 1.47 bits per heavy atom. The Hall–Kier alpha value is -0.390. The fraction of sp³-hybridized carbons (Fsp3) is 0.333. The Morgan fingerprint density at radius 3 is 2.60 bits per heavy atom. The molecular formula is C9H11ClO3S2. The van der Waals surface area contributed by atoms with Gasteiger partial charge in [-0.05, 0) is 12.3 Å². The highest BCUT2D eigenvalue weighted by molar-refractivity contribution is 8.13. The Balaban J connectivity index is 3.18. The van der Waals surface area contributed by atoms with Crippen LogP contribution in [-0.4, -0.2) is 21.8 Å². The second-order valence-corrected chi connectivity index (χ2v) is 6.46. The van der Waals surface area contributed by atoms with Crippen LogP contribution in [0.4, 0.5) is 0 Å². The standard InChI is InChI=1S/C9H11ClO3S2/c1-13-9-7(6-15(10,11)12)4-3-5-8(9)14-2/h3-5H,6H2,1-2H3. The molecule has 0 fully saturated rings. The predicted molar refractivity (Wildman–Crippen MR) is 63.3 cm³/mol. The molecule has 0 heterocycles. The molecule has 0 atom stereocenters. The molecule has 84 valence electrons. The summed E-state index contributed by atoms with van der Waals surface area (Å²) in [5, 5.41) is 0. The van der Waals surface area contributed by atoms with Crippen molar-refractivity contribution >= 4 is 31.5 Å². The molecule has 0 spiro atoms. The summed E-state index contributed by atoms with van der Waals surface area (Å²) in [4.78, 5) is 0.898. The van der Waals surface area contributed by atoms with Crippen LogP contribution in [0.3, 0.4) is 0 Å².